The van der Waals surface area contributed by atoms with Gasteiger partial charge in [-0.3, -0.25) is 4.79 Å². The van der Waals surface area contributed by atoms with Gasteiger partial charge in [-0.2, -0.15) is 5.10 Å². The standard InChI is InChI=1S/C23H19FN6O2/c1-14-3-6-16(7-4-14)19-12-20-22-27-30(23(32)28(22)9-10-29(20)26-19)13-21(31)25-18-11-17(24)8-5-15(18)2/h3-12H,13H2,1-2H3,(H,25,31). The van der Waals surface area contributed by atoms with Gasteiger partial charge in [-0.1, -0.05) is 35.9 Å². The molecule has 1 N–H and O–H groups in total. The molecule has 0 aliphatic rings. The van der Waals surface area contributed by atoms with Gasteiger partial charge >= 0.3 is 5.69 Å². The second-order valence-corrected chi connectivity index (χ2v) is 7.66. The molecule has 0 bridgehead atoms. The molecule has 32 heavy (non-hydrogen) atoms. The van der Waals surface area contributed by atoms with E-state index in [1.54, 1.807) is 29.9 Å². The second-order valence-electron chi connectivity index (χ2n) is 7.66. The third-order valence-electron chi connectivity index (χ3n) is 5.31. The zero-order valence-electron chi connectivity index (χ0n) is 17.4. The predicted molar refractivity (Wildman–Crippen MR) is 118 cm³/mol. The SMILES string of the molecule is Cc1ccc(-c2cc3c4nn(CC(=O)Nc5cc(F)ccc5C)c(=O)n4ccn3n2)cc1. The summed E-state index contributed by atoms with van der Waals surface area (Å²) >= 11 is 0. The van der Waals surface area contributed by atoms with Crippen molar-refractivity contribution < 1.29 is 9.18 Å². The fourth-order valence-electron chi connectivity index (χ4n) is 3.56. The molecule has 0 saturated carbocycles. The Kier molecular flexibility index (Phi) is 4.58. The maximum atomic E-state index is 13.5. The number of anilines is 1. The maximum Gasteiger partial charge on any atom is 0.350 e. The molecular formula is C23H19FN6O2. The van der Waals surface area contributed by atoms with Gasteiger partial charge in [0.2, 0.25) is 5.91 Å². The molecule has 0 atom stereocenters. The smallest absolute Gasteiger partial charge is 0.324 e. The number of halogens is 1. The highest BCUT2D eigenvalue weighted by atomic mass is 19.1. The zero-order chi connectivity index (χ0) is 22.4. The molecule has 2 aromatic carbocycles. The van der Waals surface area contributed by atoms with Crippen LogP contribution in [0.4, 0.5) is 10.1 Å². The Morgan fingerprint density at radius 2 is 1.81 bits per heavy atom. The maximum absolute atomic E-state index is 13.5. The number of hydrogen-bond acceptors (Lipinski definition) is 4. The molecule has 0 aliphatic heterocycles. The van der Waals surface area contributed by atoms with E-state index in [2.05, 4.69) is 15.5 Å². The number of benzene rings is 2. The van der Waals surface area contributed by atoms with Crippen molar-refractivity contribution in [2.24, 2.45) is 0 Å². The number of aromatic nitrogens is 5. The summed E-state index contributed by atoms with van der Waals surface area (Å²) in [7, 11) is 0. The average molecular weight is 430 g/mol. The first-order chi connectivity index (χ1) is 15.4. The minimum absolute atomic E-state index is 0.304. The van der Waals surface area contributed by atoms with Crippen molar-refractivity contribution in [3.05, 3.63) is 88.4 Å². The Labute approximate surface area is 181 Å². The highest BCUT2D eigenvalue weighted by molar-refractivity contribution is 5.91. The Balaban J connectivity index is 1.49. The monoisotopic (exact) mass is 430 g/mol. The summed E-state index contributed by atoms with van der Waals surface area (Å²) in [5, 5.41) is 11.6. The first-order valence-corrected chi connectivity index (χ1v) is 10.00. The van der Waals surface area contributed by atoms with Crippen LogP contribution in [0.5, 0.6) is 0 Å². The lowest BCUT2D eigenvalue weighted by Gasteiger charge is -2.07. The Bertz CT molecular complexity index is 1550. The highest BCUT2D eigenvalue weighted by Gasteiger charge is 2.16. The van der Waals surface area contributed by atoms with Crippen LogP contribution in [0.25, 0.3) is 22.4 Å². The number of nitrogens with zero attached hydrogens (tertiary/aromatic N) is 5. The van der Waals surface area contributed by atoms with Crippen LogP contribution in [0.15, 0.2) is 65.7 Å². The van der Waals surface area contributed by atoms with Crippen molar-refractivity contribution in [1.82, 2.24) is 23.8 Å². The van der Waals surface area contributed by atoms with Crippen molar-refractivity contribution in [2.45, 2.75) is 20.4 Å². The van der Waals surface area contributed by atoms with E-state index in [4.69, 9.17) is 0 Å². The summed E-state index contributed by atoms with van der Waals surface area (Å²) in [5.41, 5.74) is 4.49. The number of rotatable bonds is 4. The molecule has 0 saturated heterocycles. The van der Waals surface area contributed by atoms with Gasteiger partial charge in [0.25, 0.3) is 0 Å². The summed E-state index contributed by atoms with van der Waals surface area (Å²) in [4.78, 5) is 25.3. The second kappa shape index (κ2) is 7.45. The Morgan fingerprint density at radius 1 is 1.03 bits per heavy atom. The van der Waals surface area contributed by atoms with Crippen LogP contribution in [0.3, 0.4) is 0 Å². The Morgan fingerprint density at radius 3 is 2.59 bits per heavy atom. The van der Waals surface area contributed by atoms with Gasteiger partial charge in [-0.15, -0.1) is 5.10 Å². The number of aryl methyl sites for hydroxylation is 2. The molecule has 0 unspecified atom stereocenters. The number of carbonyl (C=O) groups is 1. The molecule has 3 aromatic heterocycles. The third-order valence-corrected chi connectivity index (χ3v) is 5.31. The summed E-state index contributed by atoms with van der Waals surface area (Å²) in [5.74, 6) is -0.933. The lowest BCUT2D eigenvalue weighted by molar-refractivity contribution is -0.117. The first-order valence-electron chi connectivity index (χ1n) is 10.00. The molecule has 160 valence electrons. The van der Waals surface area contributed by atoms with Crippen LogP contribution >= 0.6 is 0 Å². The Hall–Kier alpha value is -4.27. The molecule has 8 nitrogen and oxygen atoms in total. The van der Waals surface area contributed by atoms with Crippen molar-refractivity contribution in [3.63, 3.8) is 0 Å². The molecular weight excluding hydrogens is 411 g/mol. The minimum Gasteiger partial charge on any atom is -0.324 e. The predicted octanol–water partition coefficient (Wildman–Crippen LogP) is 3.21. The fourth-order valence-corrected chi connectivity index (χ4v) is 3.56. The molecule has 0 radical (unpaired) electrons. The topological polar surface area (TPSA) is 85.7 Å². The van der Waals surface area contributed by atoms with Gasteiger partial charge in [-0.25, -0.2) is 22.8 Å². The van der Waals surface area contributed by atoms with Gasteiger partial charge in [0.15, 0.2) is 5.65 Å². The number of carbonyl (C=O) groups excluding carboxylic acids is 1. The van der Waals surface area contributed by atoms with E-state index in [0.29, 0.717) is 22.4 Å². The van der Waals surface area contributed by atoms with E-state index in [9.17, 15) is 14.0 Å². The van der Waals surface area contributed by atoms with Crippen molar-refractivity contribution in [3.8, 4) is 11.3 Å². The van der Waals surface area contributed by atoms with Gasteiger partial charge in [0, 0.05) is 23.6 Å². The third kappa shape index (κ3) is 3.43. The average Bonchev–Trinajstić information content (AvgIpc) is 3.33. The van der Waals surface area contributed by atoms with Crippen LogP contribution in [0, 0.1) is 19.7 Å². The molecule has 0 fully saturated rings. The summed E-state index contributed by atoms with van der Waals surface area (Å²) in [6.45, 7) is 3.47. The largest absolute Gasteiger partial charge is 0.350 e. The van der Waals surface area contributed by atoms with Gasteiger partial charge in [0.1, 0.15) is 17.9 Å². The van der Waals surface area contributed by atoms with Crippen molar-refractivity contribution in [2.75, 3.05) is 5.32 Å². The summed E-state index contributed by atoms with van der Waals surface area (Å²) < 4.78 is 17.6. The van der Waals surface area contributed by atoms with Crippen molar-refractivity contribution >= 4 is 22.8 Å². The quantitative estimate of drug-likeness (QED) is 0.475. The minimum atomic E-state index is -0.478. The van der Waals surface area contributed by atoms with Crippen LogP contribution in [-0.4, -0.2) is 29.7 Å². The lowest BCUT2D eigenvalue weighted by atomic mass is 10.1. The molecule has 1 amide bonds. The molecule has 9 heteroatoms. The van der Waals surface area contributed by atoms with Crippen LogP contribution in [0.2, 0.25) is 0 Å². The first kappa shape index (κ1) is 19.7. The van der Waals surface area contributed by atoms with Gasteiger partial charge in [0.05, 0.1) is 5.69 Å². The van der Waals surface area contributed by atoms with E-state index < -0.39 is 17.4 Å². The fraction of sp³-hybridized carbons (Fsp3) is 0.130. The van der Waals surface area contributed by atoms with E-state index >= 15 is 0 Å². The summed E-state index contributed by atoms with van der Waals surface area (Å²) in [6.07, 6.45) is 3.23. The lowest BCUT2D eigenvalue weighted by Crippen LogP contribution is -2.28. The van der Waals surface area contributed by atoms with E-state index in [1.165, 1.54) is 16.5 Å². The molecule has 5 rings (SSSR count). The normalized spacial score (nSPS) is 11.3. The van der Waals surface area contributed by atoms with Crippen LogP contribution < -0.4 is 11.0 Å². The summed E-state index contributed by atoms with van der Waals surface area (Å²) in [6, 6.07) is 14.0. The number of amides is 1. The van der Waals surface area contributed by atoms with E-state index in [1.807, 2.05) is 37.3 Å². The number of nitrogens with one attached hydrogen (secondary N) is 1. The number of fused-ring (bicyclic) bond motifs is 3. The molecule has 3 heterocycles. The van der Waals surface area contributed by atoms with Crippen LogP contribution in [0.1, 0.15) is 11.1 Å². The van der Waals surface area contributed by atoms with Gasteiger partial charge < -0.3 is 5.32 Å². The molecule has 0 spiro atoms. The van der Waals surface area contributed by atoms with Gasteiger partial charge in [-0.05, 0) is 37.6 Å². The van der Waals surface area contributed by atoms with Crippen molar-refractivity contribution in [1.29, 1.82) is 0 Å². The zero-order valence-corrected chi connectivity index (χ0v) is 17.4. The molecule has 5 aromatic rings. The highest BCUT2D eigenvalue weighted by Crippen LogP contribution is 2.22. The van der Waals surface area contributed by atoms with E-state index in [0.717, 1.165) is 21.5 Å². The number of hydrogen-bond donors (Lipinski definition) is 1. The van der Waals surface area contributed by atoms with E-state index in [-0.39, 0.29) is 6.54 Å². The molecule has 0 aliphatic carbocycles. The van der Waals surface area contributed by atoms with Crippen LogP contribution in [-0.2, 0) is 11.3 Å².